The van der Waals surface area contributed by atoms with Gasteiger partial charge >= 0.3 is 0 Å². The van der Waals surface area contributed by atoms with Gasteiger partial charge in [0.15, 0.2) is 0 Å². The van der Waals surface area contributed by atoms with E-state index in [0.29, 0.717) is 26.3 Å². The molecule has 0 radical (unpaired) electrons. The van der Waals surface area contributed by atoms with Crippen molar-refractivity contribution in [2.45, 2.75) is 0 Å². The van der Waals surface area contributed by atoms with E-state index in [1.807, 2.05) is 12.1 Å². The second kappa shape index (κ2) is 6.62. The van der Waals surface area contributed by atoms with E-state index in [4.69, 9.17) is 34.8 Å². The molecule has 0 aliphatic rings. The predicted octanol–water partition coefficient (Wildman–Crippen LogP) is 5.08. The molecule has 1 amide bonds. The molecule has 0 spiro atoms. The number of nitrogens with one attached hydrogen (secondary N) is 1. The van der Waals surface area contributed by atoms with Crippen molar-refractivity contribution in [3.05, 3.63) is 75.5 Å². The quantitative estimate of drug-likeness (QED) is 0.702. The van der Waals surface area contributed by atoms with Gasteiger partial charge in [0, 0.05) is 16.2 Å². The molecule has 23 heavy (non-hydrogen) atoms. The molecule has 0 aliphatic heterocycles. The van der Waals surface area contributed by atoms with Crippen LogP contribution in [0.3, 0.4) is 0 Å². The summed E-state index contributed by atoms with van der Waals surface area (Å²) in [5.41, 5.74) is 1.65. The van der Waals surface area contributed by atoms with Crippen molar-refractivity contribution in [1.82, 2.24) is 9.78 Å². The number of hydrogen-bond donors (Lipinski definition) is 1. The second-order valence-corrected chi connectivity index (χ2v) is 6.01. The lowest BCUT2D eigenvalue weighted by Crippen LogP contribution is -2.11. The molecule has 3 rings (SSSR count). The third-order valence-electron chi connectivity index (χ3n) is 3.10. The molecule has 0 unspecified atom stereocenters. The summed E-state index contributed by atoms with van der Waals surface area (Å²) in [6.07, 6.45) is 3.09. The van der Waals surface area contributed by atoms with Crippen molar-refractivity contribution in [2.75, 3.05) is 5.32 Å². The highest BCUT2D eigenvalue weighted by Gasteiger charge is 2.12. The molecule has 0 bridgehead atoms. The molecule has 7 heteroatoms. The van der Waals surface area contributed by atoms with Crippen LogP contribution in [0.4, 0.5) is 5.69 Å². The van der Waals surface area contributed by atoms with Gasteiger partial charge in [-0.25, -0.2) is 4.68 Å². The van der Waals surface area contributed by atoms with Crippen molar-refractivity contribution in [3.8, 4) is 5.69 Å². The van der Waals surface area contributed by atoms with Gasteiger partial charge in [-0.1, -0.05) is 40.9 Å². The SMILES string of the molecule is O=C(Nc1ccc(Cl)cc1Cl)c1cnn(-c2cccc(Cl)c2)c1. The Morgan fingerprint density at radius 2 is 1.83 bits per heavy atom. The highest BCUT2D eigenvalue weighted by Crippen LogP contribution is 2.25. The minimum absolute atomic E-state index is 0.317. The zero-order valence-electron chi connectivity index (χ0n) is 11.6. The van der Waals surface area contributed by atoms with Gasteiger partial charge in [-0.3, -0.25) is 4.79 Å². The van der Waals surface area contributed by atoms with E-state index in [-0.39, 0.29) is 5.91 Å². The minimum atomic E-state index is -0.317. The Morgan fingerprint density at radius 1 is 1.04 bits per heavy atom. The molecule has 2 aromatic carbocycles. The molecule has 1 heterocycles. The Balaban J connectivity index is 1.81. The lowest BCUT2D eigenvalue weighted by Gasteiger charge is -2.06. The van der Waals surface area contributed by atoms with E-state index in [1.165, 1.54) is 6.20 Å². The van der Waals surface area contributed by atoms with Crippen LogP contribution in [0.25, 0.3) is 5.69 Å². The third kappa shape index (κ3) is 3.67. The van der Waals surface area contributed by atoms with Crippen LogP contribution < -0.4 is 5.32 Å². The molecule has 1 N–H and O–H groups in total. The molecule has 0 saturated heterocycles. The minimum Gasteiger partial charge on any atom is -0.321 e. The van der Waals surface area contributed by atoms with Crippen LogP contribution in [0, 0.1) is 0 Å². The normalized spacial score (nSPS) is 10.6. The van der Waals surface area contributed by atoms with Crippen molar-refractivity contribution >= 4 is 46.4 Å². The Labute approximate surface area is 147 Å². The molecular weight excluding hydrogens is 357 g/mol. The number of anilines is 1. The summed E-state index contributed by atoms with van der Waals surface area (Å²) in [6.45, 7) is 0. The Hall–Kier alpha value is -2.01. The first kappa shape index (κ1) is 15.9. The van der Waals surface area contributed by atoms with Gasteiger partial charge < -0.3 is 5.32 Å². The lowest BCUT2D eigenvalue weighted by atomic mass is 10.3. The van der Waals surface area contributed by atoms with Crippen LogP contribution in [0.5, 0.6) is 0 Å². The van der Waals surface area contributed by atoms with Crippen LogP contribution in [0.15, 0.2) is 54.9 Å². The number of carbonyl (C=O) groups excluding carboxylic acids is 1. The maximum atomic E-state index is 12.3. The molecule has 0 fully saturated rings. The number of hydrogen-bond acceptors (Lipinski definition) is 2. The zero-order chi connectivity index (χ0) is 16.4. The molecule has 0 saturated carbocycles. The van der Waals surface area contributed by atoms with E-state index in [1.54, 1.807) is 41.2 Å². The van der Waals surface area contributed by atoms with E-state index >= 15 is 0 Å². The van der Waals surface area contributed by atoms with Gasteiger partial charge in [-0.15, -0.1) is 0 Å². The van der Waals surface area contributed by atoms with Gasteiger partial charge in [0.25, 0.3) is 5.91 Å². The fourth-order valence-electron chi connectivity index (χ4n) is 1.99. The highest BCUT2D eigenvalue weighted by molar-refractivity contribution is 6.36. The summed E-state index contributed by atoms with van der Waals surface area (Å²) in [4.78, 5) is 12.3. The van der Waals surface area contributed by atoms with Gasteiger partial charge in [0.05, 0.1) is 28.2 Å². The smallest absolute Gasteiger partial charge is 0.258 e. The predicted molar refractivity (Wildman–Crippen MR) is 93.0 cm³/mol. The molecular formula is C16H10Cl3N3O. The Bertz CT molecular complexity index is 877. The maximum Gasteiger partial charge on any atom is 0.258 e. The van der Waals surface area contributed by atoms with Crippen molar-refractivity contribution in [2.24, 2.45) is 0 Å². The molecule has 0 atom stereocenters. The number of carbonyl (C=O) groups is 1. The lowest BCUT2D eigenvalue weighted by molar-refractivity contribution is 0.102. The Morgan fingerprint density at radius 3 is 2.57 bits per heavy atom. The molecule has 3 aromatic rings. The Kier molecular flexibility index (Phi) is 4.57. The largest absolute Gasteiger partial charge is 0.321 e. The van der Waals surface area contributed by atoms with E-state index < -0.39 is 0 Å². The van der Waals surface area contributed by atoms with Crippen LogP contribution in [-0.2, 0) is 0 Å². The number of benzene rings is 2. The third-order valence-corrected chi connectivity index (χ3v) is 3.88. The highest BCUT2D eigenvalue weighted by atomic mass is 35.5. The number of halogens is 3. The average Bonchev–Trinajstić information content (AvgIpc) is 3.00. The first-order chi connectivity index (χ1) is 11.0. The van der Waals surface area contributed by atoms with Crippen molar-refractivity contribution in [1.29, 1.82) is 0 Å². The van der Waals surface area contributed by atoms with Gasteiger partial charge in [0.1, 0.15) is 0 Å². The van der Waals surface area contributed by atoms with Crippen LogP contribution in [0.2, 0.25) is 15.1 Å². The number of nitrogens with zero attached hydrogens (tertiary/aromatic N) is 2. The summed E-state index contributed by atoms with van der Waals surface area (Å²) in [5.74, 6) is -0.317. The summed E-state index contributed by atoms with van der Waals surface area (Å²) in [6, 6.07) is 12.0. The van der Waals surface area contributed by atoms with Gasteiger partial charge in [0.2, 0.25) is 0 Å². The monoisotopic (exact) mass is 365 g/mol. The van der Waals surface area contributed by atoms with Gasteiger partial charge in [-0.2, -0.15) is 5.10 Å². The van der Waals surface area contributed by atoms with Crippen molar-refractivity contribution < 1.29 is 4.79 Å². The number of amides is 1. The zero-order valence-corrected chi connectivity index (χ0v) is 13.9. The molecule has 0 aliphatic carbocycles. The standard InChI is InChI=1S/C16H10Cl3N3O/c17-11-2-1-3-13(6-11)22-9-10(8-20-22)16(23)21-15-5-4-12(18)7-14(15)19/h1-9H,(H,21,23). The fourth-order valence-corrected chi connectivity index (χ4v) is 2.63. The number of aromatic nitrogens is 2. The van der Waals surface area contributed by atoms with Crippen molar-refractivity contribution in [3.63, 3.8) is 0 Å². The first-order valence-electron chi connectivity index (χ1n) is 6.60. The average molecular weight is 367 g/mol. The van der Waals surface area contributed by atoms with E-state index in [2.05, 4.69) is 10.4 Å². The first-order valence-corrected chi connectivity index (χ1v) is 7.73. The summed E-state index contributed by atoms with van der Waals surface area (Å²) >= 11 is 17.8. The van der Waals surface area contributed by atoms with Gasteiger partial charge in [-0.05, 0) is 36.4 Å². The van der Waals surface area contributed by atoms with E-state index in [0.717, 1.165) is 5.69 Å². The number of rotatable bonds is 3. The molecule has 116 valence electrons. The van der Waals surface area contributed by atoms with Crippen LogP contribution in [-0.4, -0.2) is 15.7 Å². The molecule has 1 aromatic heterocycles. The van der Waals surface area contributed by atoms with E-state index in [9.17, 15) is 4.79 Å². The summed E-state index contributed by atoms with van der Waals surface area (Å²) in [5, 5.41) is 8.36. The fraction of sp³-hybridized carbons (Fsp3) is 0. The second-order valence-electron chi connectivity index (χ2n) is 4.73. The van der Waals surface area contributed by atoms with Crippen LogP contribution in [0.1, 0.15) is 10.4 Å². The summed E-state index contributed by atoms with van der Waals surface area (Å²) < 4.78 is 1.57. The summed E-state index contributed by atoms with van der Waals surface area (Å²) in [7, 11) is 0. The maximum absolute atomic E-state index is 12.3. The topological polar surface area (TPSA) is 46.9 Å². The van der Waals surface area contributed by atoms with Crippen LogP contribution >= 0.6 is 34.8 Å². The molecule has 4 nitrogen and oxygen atoms in total.